The van der Waals surface area contributed by atoms with E-state index in [1.54, 1.807) is 32.4 Å². The molecular formula is C17H20N2O5. The molecule has 0 aliphatic heterocycles. The normalized spacial score (nSPS) is 11.8. The van der Waals surface area contributed by atoms with Gasteiger partial charge >= 0.3 is 0 Å². The molecule has 0 saturated heterocycles. The topological polar surface area (TPSA) is 93.9 Å². The fraction of sp³-hybridized carbons (Fsp3) is 0.294. The van der Waals surface area contributed by atoms with E-state index in [9.17, 15) is 15.2 Å². The summed E-state index contributed by atoms with van der Waals surface area (Å²) in [4.78, 5) is 10.2. The van der Waals surface area contributed by atoms with Crippen molar-refractivity contribution in [3.63, 3.8) is 0 Å². The van der Waals surface area contributed by atoms with Gasteiger partial charge in [-0.15, -0.1) is 0 Å². The van der Waals surface area contributed by atoms with Gasteiger partial charge in [0.1, 0.15) is 11.5 Å². The molecule has 0 aliphatic carbocycles. The molecule has 0 aromatic heterocycles. The highest BCUT2D eigenvalue weighted by Crippen LogP contribution is 2.24. The number of rotatable bonds is 8. The summed E-state index contributed by atoms with van der Waals surface area (Å²) in [6.45, 7) is 0.824. The van der Waals surface area contributed by atoms with E-state index in [0.717, 1.165) is 5.56 Å². The summed E-state index contributed by atoms with van der Waals surface area (Å²) in [7, 11) is 3.18. The van der Waals surface area contributed by atoms with Crippen LogP contribution in [0.3, 0.4) is 0 Å². The molecule has 0 heterocycles. The van der Waals surface area contributed by atoms with Crippen molar-refractivity contribution in [2.45, 2.75) is 12.6 Å². The Morgan fingerprint density at radius 3 is 2.46 bits per heavy atom. The number of nitrogens with one attached hydrogen (secondary N) is 1. The lowest BCUT2D eigenvalue weighted by Crippen LogP contribution is -2.21. The minimum atomic E-state index is -0.755. The van der Waals surface area contributed by atoms with Crippen molar-refractivity contribution < 1.29 is 19.5 Å². The first-order valence-corrected chi connectivity index (χ1v) is 7.39. The summed E-state index contributed by atoms with van der Waals surface area (Å²) in [5.74, 6) is 1.41. The number of methoxy groups -OCH3 is 2. The van der Waals surface area contributed by atoms with Crippen LogP contribution in [0.4, 0.5) is 5.69 Å². The van der Waals surface area contributed by atoms with Crippen molar-refractivity contribution in [3.8, 4) is 11.5 Å². The van der Waals surface area contributed by atoms with E-state index in [-0.39, 0.29) is 5.69 Å². The van der Waals surface area contributed by atoms with Gasteiger partial charge in [-0.05, 0) is 23.8 Å². The van der Waals surface area contributed by atoms with Crippen molar-refractivity contribution in [3.05, 3.63) is 63.7 Å². The van der Waals surface area contributed by atoms with Crippen molar-refractivity contribution >= 4 is 5.69 Å². The van der Waals surface area contributed by atoms with Crippen LogP contribution in [0, 0.1) is 10.1 Å². The first kappa shape index (κ1) is 17.7. The predicted molar refractivity (Wildman–Crippen MR) is 89.3 cm³/mol. The zero-order chi connectivity index (χ0) is 17.5. The molecule has 0 fully saturated rings. The molecule has 0 aliphatic rings. The van der Waals surface area contributed by atoms with E-state index in [1.165, 1.54) is 12.1 Å². The van der Waals surface area contributed by atoms with Crippen LogP contribution in [0.2, 0.25) is 0 Å². The number of hydrogen-bond acceptors (Lipinski definition) is 6. The quantitative estimate of drug-likeness (QED) is 0.569. The van der Waals surface area contributed by atoms with Gasteiger partial charge in [-0.2, -0.15) is 0 Å². The summed E-state index contributed by atoms with van der Waals surface area (Å²) >= 11 is 0. The number of nitro benzene ring substituents is 1. The van der Waals surface area contributed by atoms with Crippen LogP contribution in [-0.2, 0) is 6.54 Å². The first-order chi connectivity index (χ1) is 11.5. The number of non-ortho nitro benzene ring substituents is 1. The van der Waals surface area contributed by atoms with Gasteiger partial charge in [0.2, 0.25) is 0 Å². The third-order valence-electron chi connectivity index (χ3n) is 3.64. The molecular weight excluding hydrogens is 312 g/mol. The number of aliphatic hydroxyl groups excluding tert-OH is 1. The summed E-state index contributed by atoms with van der Waals surface area (Å²) in [5.41, 5.74) is 1.56. The molecule has 128 valence electrons. The highest BCUT2D eigenvalue weighted by atomic mass is 16.6. The van der Waals surface area contributed by atoms with Gasteiger partial charge in [-0.3, -0.25) is 10.1 Å². The van der Waals surface area contributed by atoms with E-state index >= 15 is 0 Å². The number of nitro groups is 1. The lowest BCUT2D eigenvalue weighted by molar-refractivity contribution is -0.384. The van der Waals surface area contributed by atoms with E-state index in [2.05, 4.69) is 5.32 Å². The molecule has 0 unspecified atom stereocenters. The Labute approximate surface area is 140 Å². The fourth-order valence-electron chi connectivity index (χ4n) is 2.28. The third-order valence-corrected chi connectivity index (χ3v) is 3.64. The second kappa shape index (κ2) is 8.28. The Hall–Kier alpha value is -2.64. The van der Waals surface area contributed by atoms with Gasteiger partial charge in [-0.1, -0.05) is 6.07 Å². The van der Waals surface area contributed by atoms with Crippen molar-refractivity contribution in [1.82, 2.24) is 5.32 Å². The second-order valence-electron chi connectivity index (χ2n) is 5.17. The molecule has 2 rings (SSSR count). The number of ether oxygens (including phenoxy) is 2. The number of aliphatic hydroxyl groups is 1. The Bertz CT molecular complexity index is 688. The first-order valence-electron chi connectivity index (χ1n) is 7.39. The molecule has 0 amide bonds. The average molecular weight is 332 g/mol. The van der Waals surface area contributed by atoms with Crippen molar-refractivity contribution in [1.29, 1.82) is 0 Å². The van der Waals surface area contributed by atoms with Gasteiger partial charge in [0.05, 0.1) is 25.2 Å². The lowest BCUT2D eigenvalue weighted by atomic mass is 10.1. The zero-order valence-corrected chi connectivity index (χ0v) is 13.6. The number of nitrogens with zero attached hydrogens (tertiary/aromatic N) is 1. The van der Waals surface area contributed by atoms with Crippen molar-refractivity contribution in [2.24, 2.45) is 0 Å². The Morgan fingerprint density at radius 2 is 1.88 bits per heavy atom. The minimum absolute atomic E-state index is 0.00174. The Morgan fingerprint density at radius 1 is 1.17 bits per heavy atom. The molecule has 0 saturated carbocycles. The minimum Gasteiger partial charge on any atom is -0.497 e. The van der Waals surface area contributed by atoms with Crippen LogP contribution in [0.1, 0.15) is 17.2 Å². The highest BCUT2D eigenvalue weighted by Gasteiger charge is 2.11. The van der Waals surface area contributed by atoms with Gasteiger partial charge in [0.25, 0.3) is 5.69 Å². The molecule has 1 atom stereocenters. The van der Waals surface area contributed by atoms with Crippen LogP contribution in [0.15, 0.2) is 42.5 Å². The van der Waals surface area contributed by atoms with Gasteiger partial charge in [-0.25, -0.2) is 0 Å². The summed E-state index contributed by atoms with van der Waals surface area (Å²) in [6, 6.07) is 11.4. The van der Waals surface area contributed by atoms with Crippen LogP contribution in [-0.4, -0.2) is 30.8 Å². The van der Waals surface area contributed by atoms with Gasteiger partial charge in [0, 0.05) is 36.9 Å². The largest absolute Gasteiger partial charge is 0.497 e. The maximum atomic E-state index is 10.6. The maximum absolute atomic E-state index is 10.6. The molecule has 7 heteroatoms. The van der Waals surface area contributed by atoms with Crippen LogP contribution >= 0.6 is 0 Å². The summed E-state index contributed by atoms with van der Waals surface area (Å²) in [5, 5.41) is 23.9. The van der Waals surface area contributed by atoms with E-state index in [1.807, 2.05) is 12.1 Å². The molecule has 2 aromatic carbocycles. The molecule has 7 nitrogen and oxygen atoms in total. The number of benzene rings is 2. The second-order valence-corrected chi connectivity index (χ2v) is 5.17. The zero-order valence-electron chi connectivity index (χ0n) is 13.6. The molecule has 0 radical (unpaired) electrons. The Balaban J connectivity index is 1.92. The smallest absolute Gasteiger partial charge is 0.269 e. The third kappa shape index (κ3) is 4.43. The van der Waals surface area contributed by atoms with E-state index < -0.39 is 11.0 Å². The molecule has 0 spiro atoms. The fourth-order valence-corrected chi connectivity index (χ4v) is 2.28. The number of hydrogen-bond donors (Lipinski definition) is 2. The van der Waals surface area contributed by atoms with Crippen LogP contribution < -0.4 is 14.8 Å². The lowest BCUT2D eigenvalue weighted by Gasteiger charge is -2.14. The standard InChI is InChI=1S/C17H20N2O5/c1-23-15-8-5-13(17(9-15)24-2)10-18-11-16(20)12-3-6-14(7-4-12)19(21)22/h3-9,16,18,20H,10-11H2,1-2H3/t16-/m0/s1. The maximum Gasteiger partial charge on any atom is 0.269 e. The summed E-state index contributed by atoms with van der Waals surface area (Å²) < 4.78 is 10.5. The van der Waals surface area contributed by atoms with E-state index in [0.29, 0.717) is 30.2 Å². The molecule has 24 heavy (non-hydrogen) atoms. The van der Waals surface area contributed by atoms with E-state index in [4.69, 9.17) is 9.47 Å². The SMILES string of the molecule is COc1ccc(CNC[C@H](O)c2ccc([N+](=O)[O-])cc2)c(OC)c1. The van der Waals surface area contributed by atoms with Crippen LogP contribution in [0.5, 0.6) is 11.5 Å². The highest BCUT2D eigenvalue weighted by molar-refractivity contribution is 5.40. The molecule has 2 N–H and O–H groups in total. The monoisotopic (exact) mass is 332 g/mol. The van der Waals surface area contributed by atoms with Crippen LogP contribution in [0.25, 0.3) is 0 Å². The predicted octanol–water partition coefficient (Wildman–Crippen LogP) is 2.44. The molecule has 2 aromatic rings. The average Bonchev–Trinajstić information content (AvgIpc) is 2.61. The molecule has 0 bridgehead atoms. The van der Waals surface area contributed by atoms with Gasteiger partial charge in [0.15, 0.2) is 0 Å². The Kier molecular flexibility index (Phi) is 6.11. The van der Waals surface area contributed by atoms with Crippen molar-refractivity contribution in [2.75, 3.05) is 20.8 Å². The van der Waals surface area contributed by atoms with Gasteiger partial charge < -0.3 is 19.9 Å². The summed E-state index contributed by atoms with van der Waals surface area (Å²) in [6.07, 6.45) is -0.755.